The van der Waals surface area contributed by atoms with Crippen LogP contribution < -0.4 is 5.48 Å². The van der Waals surface area contributed by atoms with E-state index in [1.165, 1.54) is 0 Å². The van der Waals surface area contributed by atoms with E-state index in [1.807, 2.05) is 31.2 Å². The van der Waals surface area contributed by atoms with Gasteiger partial charge in [-0.2, -0.15) is 5.48 Å². The van der Waals surface area contributed by atoms with E-state index in [-0.39, 0.29) is 0 Å². The number of hydrogen-bond donors (Lipinski definition) is 3. The quantitative estimate of drug-likeness (QED) is 0.404. The molecule has 0 unspecified atom stereocenters. The van der Waals surface area contributed by atoms with E-state index in [0.717, 1.165) is 11.1 Å². The van der Waals surface area contributed by atoms with Crippen LogP contribution in [-0.2, 0) is 0 Å². The molecule has 4 nitrogen and oxygen atoms in total. The van der Waals surface area contributed by atoms with Gasteiger partial charge in [0.25, 0.3) is 0 Å². The summed E-state index contributed by atoms with van der Waals surface area (Å²) in [5.74, 6) is 0. The molecule has 0 aliphatic rings. The molecule has 0 aromatic heterocycles. The first kappa shape index (κ1) is 11.7. The SMILES string of the molecule is Cc1ccc(/C(=N\O)C(C)(C)NO)cc1. The van der Waals surface area contributed by atoms with Crippen LogP contribution >= 0.6 is 0 Å². The number of oxime groups is 1. The molecule has 0 saturated carbocycles. The smallest absolute Gasteiger partial charge is 0.108 e. The van der Waals surface area contributed by atoms with Crippen LogP contribution in [0.15, 0.2) is 29.4 Å². The first-order valence-electron chi connectivity index (χ1n) is 4.72. The lowest BCUT2D eigenvalue weighted by Gasteiger charge is -2.23. The van der Waals surface area contributed by atoms with Gasteiger partial charge in [0.15, 0.2) is 0 Å². The third-order valence-electron chi connectivity index (χ3n) is 2.30. The molecule has 3 N–H and O–H groups in total. The molecule has 82 valence electrons. The Labute approximate surface area is 89.2 Å². The van der Waals surface area contributed by atoms with E-state index < -0.39 is 5.54 Å². The van der Waals surface area contributed by atoms with Gasteiger partial charge < -0.3 is 10.4 Å². The van der Waals surface area contributed by atoms with Crippen molar-refractivity contribution < 1.29 is 10.4 Å². The second kappa shape index (κ2) is 4.42. The van der Waals surface area contributed by atoms with Gasteiger partial charge in [-0.25, -0.2) is 0 Å². The van der Waals surface area contributed by atoms with E-state index >= 15 is 0 Å². The molecule has 0 radical (unpaired) electrons. The second-order valence-corrected chi connectivity index (χ2v) is 4.05. The predicted octanol–water partition coefficient (Wildman–Crippen LogP) is 1.93. The highest BCUT2D eigenvalue weighted by Gasteiger charge is 2.26. The van der Waals surface area contributed by atoms with Gasteiger partial charge in [0.05, 0.1) is 5.54 Å². The molecule has 0 saturated heterocycles. The summed E-state index contributed by atoms with van der Waals surface area (Å²) in [5.41, 5.74) is 3.62. The van der Waals surface area contributed by atoms with E-state index in [4.69, 9.17) is 10.4 Å². The van der Waals surface area contributed by atoms with E-state index in [2.05, 4.69) is 10.6 Å². The first-order valence-corrected chi connectivity index (χ1v) is 4.72. The number of nitrogens with zero attached hydrogens (tertiary/aromatic N) is 1. The molecule has 0 spiro atoms. The molecule has 1 rings (SSSR count). The molecule has 4 heteroatoms. The average molecular weight is 208 g/mol. The molecule has 0 aliphatic heterocycles. The van der Waals surface area contributed by atoms with Gasteiger partial charge in [-0.05, 0) is 20.8 Å². The lowest BCUT2D eigenvalue weighted by molar-refractivity contribution is 0.113. The third-order valence-corrected chi connectivity index (χ3v) is 2.30. The Hall–Kier alpha value is -1.39. The summed E-state index contributed by atoms with van der Waals surface area (Å²) in [6, 6.07) is 7.55. The van der Waals surface area contributed by atoms with Gasteiger partial charge >= 0.3 is 0 Å². The predicted molar refractivity (Wildman–Crippen MR) is 58.5 cm³/mol. The van der Waals surface area contributed by atoms with Crippen molar-refractivity contribution in [3.05, 3.63) is 35.4 Å². The fourth-order valence-corrected chi connectivity index (χ4v) is 1.31. The van der Waals surface area contributed by atoms with Crippen LogP contribution in [0.5, 0.6) is 0 Å². The van der Waals surface area contributed by atoms with Crippen molar-refractivity contribution in [3.8, 4) is 0 Å². The number of benzene rings is 1. The van der Waals surface area contributed by atoms with E-state index in [0.29, 0.717) is 5.71 Å². The van der Waals surface area contributed by atoms with Gasteiger partial charge in [-0.3, -0.25) is 0 Å². The third kappa shape index (κ3) is 2.55. The van der Waals surface area contributed by atoms with Crippen molar-refractivity contribution in [3.63, 3.8) is 0 Å². The van der Waals surface area contributed by atoms with Crippen molar-refractivity contribution in [1.82, 2.24) is 5.48 Å². The summed E-state index contributed by atoms with van der Waals surface area (Å²) >= 11 is 0. The summed E-state index contributed by atoms with van der Waals surface area (Å²) in [6.45, 7) is 5.43. The average Bonchev–Trinajstić information content (AvgIpc) is 2.22. The molecule has 1 aromatic rings. The lowest BCUT2D eigenvalue weighted by Crippen LogP contribution is -2.45. The Morgan fingerprint density at radius 2 is 1.80 bits per heavy atom. The molecule has 0 amide bonds. The summed E-state index contributed by atoms with van der Waals surface area (Å²) in [5, 5.41) is 21.1. The van der Waals surface area contributed by atoms with Gasteiger partial charge in [-0.1, -0.05) is 35.0 Å². The largest absolute Gasteiger partial charge is 0.411 e. The Kier molecular flexibility index (Phi) is 3.44. The van der Waals surface area contributed by atoms with Gasteiger partial charge in [0.2, 0.25) is 0 Å². The Bertz CT molecular complexity index is 355. The second-order valence-electron chi connectivity index (χ2n) is 4.05. The topological polar surface area (TPSA) is 64.9 Å². The van der Waals surface area contributed by atoms with Crippen LogP contribution in [-0.4, -0.2) is 21.7 Å². The van der Waals surface area contributed by atoms with E-state index in [9.17, 15) is 0 Å². The molecule has 0 atom stereocenters. The summed E-state index contributed by atoms with van der Waals surface area (Å²) in [7, 11) is 0. The molecule has 15 heavy (non-hydrogen) atoms. The zero-order valence-corrected chi connectivity index (χ0v) is 9.15. The summed E-state index contributed by atoms with van der Waals surface area (Å²) in [6.07, 6.45) is 0. The molecule has 0 heterocycles. The number of aryl methyl sites for hydroxylation is 1. The monoisotopic (exact) mass is 208 g/mol. The number of nitrogens with one attached hydrogen (secondary N) is 1. The normalized spacial score (nSPS) is 12.9. The molecule has 0 bridgehead atoms. The molecule has 1 aromatic carbocycles. The zero-order valence-electron chi connectivity index (χ0n) is 9.15. The number of hydrogen-bond acceptors (Lipinski definition) is 4. The van der Waals surface area contributed by atoms with Crippen LogP contribution in [0.4, 0.5) is 0 Å². The summed E-state index contributed by atoms with van der Waals surface area (Å²) < 4.78 is 0. The Morgan fingerprint density at radius 3 is 2.20 bits per heavy atom. The molecular weight excluding hydrogens is 192 g/mol. The lowest BCUT2D eigenvalue weighted by atomic mass is 9.93. The molecular formula is C11H16N2O2. The van der Waals surface area contributed by atoms with Gasteiger partial charge in [-0.15, -0.1) is 0 Å². The van der Waals surface area contributed by atoms with Crippen LogP contribution in [0.3, 0.4) is 0 Å². The van der Waals surface area contributed by atoms with Crippen LogP contribution in [0.25, 0.3) is 0 Å². The van der Waals surface area contributed by atoms with Crippen LogP contribution in [0.2, 0.25) is 0 Å². The van der Waals surface area contributed by atoms with Gasteiger partial charge in [0.1, 0.15) is 5.71 Å². The minimum Gasteiger partial charge on any atom is -0.411 e. The van der Waals surface area contributed by atoms with Crippen molar-refractivity contribution in [2.75, 3.05) is 0 Å². The highest BCUT2D eigenvalue weighted by atomic mass is 16.5. The Balaban J connectivity index is 3.10. The van der Waals surface area contributed by atoms with Crippen LogP contribution in [0, 0.1) is 6.92 Å². The fraction of sp³-hybridized carbons (Fsp3) is 0.364. The minimum absolute atomic E-state index is 0.394. The molecule has 0 aliphatic carbocycles. The summed E-state index contributed by atoms with van der Waals surface area (Å²) in [4.78, 5) is 0. The van der Waals surface area contributed by atoms with Crippen molar-refractivity contribution >= 4 is 5.71 Å². The maximum absolute atomic E-state index is 8.97. The van der Waals surface area contributed by atoms with Gasteiger partial charge in [0, 0.05) is 5.56 Å². The minimum atomic E-state index is -0.788. The van der Waals surface area contributed by atoms with E-state index in [1.54, 1.807) is 13.8 Å². The first-order chi connectivity index (χ1) is 7.01. The van der Waals surface area contributed by atoms with Crippen molar-refractivity contribution in [2.45, 2.75) is 26.3 Å². The Morgan fingerprint density at radius 1 is 1.27 bits per heavy atom. The molecule has 0 fully saturated rings. The fourth-order valence-electron chi connectivity index (χ4n) is 1.31. The maximum atomic E-state index is 8.97. The maximum Gasteiger partial charge on any atom is 0.108 e. The van der Waals surface area contributed by atoms with Crippen molar-refractivity contribution in [1.29, 1.82) is 0 Å². The highest BCUT2D eigenvalue weighted by Crippen LogP contribution is 2.14. The number of hydroxylamine groups is 1. The van der Waals surface area contributed by atoms with Crippen molar-refractivity contribution in [2.24, 2.45) is 5.16 Å². The highest BCUT2D eigenvalue weighted by molar-refractivity contribution is 6.06. The standard InChI is InChI=1S/C11H16N2O2/c1-8-4-6-9(7-5-8)10(12-14)11(2,3)13-15/h4-7,13-15H,1-3H3/b12-10+. The number of rotatable bonds is 3. The zero-order chi connectivity index (χ0) is 11.5. The van der Waals surface area contributed by atoms with Crippen LogP contribution in [0.1, 0.15) is 25.0 Å².